The lowest BCUT2D eigenvalue weighted by molar-refractivity contribution is -0.121. The largest absolute Gasteiger partial charge is 0.354 e. The summed E-state index contributed by atoms with van der Waals surface area (Å²) in [5.74, 6) is -0.289. The molecule has 0 radical (unpaired) electrons. The highest BCUT2D eigenvalue weighted by Crippen LogP contribution is 2.14. The van der Waals surface area contributed by atoms with Crippen LogP contribution in [0.5, 0.6) is 0 Å². The number of aromatic nitrogens is 4. The number of hydrogen-bond acceptors (Lipinski definition) is 4. The minimum Gasteiger partial charge on any atom is -0.354 e. The predicted molar refractivity (Wildman–Crippen MR) is 127 cm³/mol. The van der Waals surface area contributed by atoms with Gasteiger partial charge in [0.15, 0.2) is 5.52 Å². The Labute approximate surface area is 191 Å². The molecule has 2 aromatic carbocycles. The van der Waals surface area contributed by atoms with Gasteiger partial charge in [-0.1, -0.05) is 60.7 Å². The fourth-order valence-electron chi connectivity index (χ4n) is 4.03. The summed E-state index contributed by atoms with van der Waals surface area (Å²) in [6, 6.07) is 19.2. The molecule has 4 rings (SSSR count). The van der Waals surface area contributed by atoms with Gasteiger partial charge in [0.2, 0.25) is 5.91 Å². The molecule has 0 aliphatic rings. The molecule has 0 atom stereocenters. The Balaban J connectivity index is 1.68. The number of nitrogens with zero attached hydrogens (tertiary/aromatic N) is 4. The summed E-state index contributed by atoms with van der Waals surface area (Å²) in [5.41, 5.74) is 2.32. The van der Waals surface area contributed by atoms with Gasteiger partial charge in [-0.15, -0.1) is 0 Å². The molecule has 170 valence electrons. The van der Waals surface area contributed by atoms with E-state index < -0.39 is 11.2 Å². The Bertz CT molecular complexity index is 1390. The van der Waals surface area contributed by atoms with Crippen LogP contribution in [0.25, 0.3) is 11.0 Å². The molecule has 0 saturated carbocycles. The number of benzene rings is 2. The van der Waals surface area contributed by atoms with Crippen LogP contribution in [0.15, 0.2) is 70.3 Å². The van der Waals surface area contributed by atoms with Crippen LogP contribution in [0.4, 0.5) is 0 Å². The van der Waals surface area contributed by atoms with Crippen LogP contribution in [-0.4, -0.2) is 31.4 Å². The SMILES string of the molecule is CCn1nc(C)c2c1c(=O)n(Cc1ccccc1)c(=O)n2CC(=O)NCCc1ccccc1. The fourth-order valence-corrected chi connectivity index (χ4v) is 4.03. The van der Waals surface area contributed by atoms with Crippen molar-refractivity contribution in [3.05, 3.63) is 98.3 Å². The average Bonchev–Trinajstić information content (AvgIpc) is 3.17. The van der Waals surface area contributed by atoms with Crippen molar-refractivity contribution in [3.63, 3.8) is 0 Å². The molecule has 1 N–H and O–H groups in total. The van der Waals surface area contributed by atoms with Crippen molar-refractivity contribution in [2.75, 3.05) is 6.54 Å². The maximum absolute atomic E-state index is 13.4. The van der Waals surface area contributed by atoms with Gasteiger partial charge in [-0.05, 0) is 31.4 Å². The summed E-state index contributed by atoms with van der Waals surface area (Å²) in [6.07, 6.45) is 0.692. The lowest BCUT2D eigenvalue weighted by Gasteiger charge is -2.13. The van der Waals surface area contributed by atoms with Crippen molar-refractivity contribution in [2.45, 2.75) is 39.9 Å². The monoisotopic (exact) mass is 445 g/mol. The molecule has 8 heteroatoms. The second kappa shape index (κ2) is 9.68. The molecule has 0 aliphatic heterocycles. The second-order valence-corrected chi connectivity index (χ2v) is 7.93. The van der Waals surface area contributed by atoms with Crippen LogP contribution in [-0.2, 0) is 30.8 Å². The number of amides is 1. The molecule has 0 fully saturated rings. The third-order valence-electron chi connectivity index (χ3n) is 5.64. The molecule has 8 nitrogen and oxygen atoms in total. The number of nitrogens with one attached hydrogen (secondary N) is 1. The number of aryl methyl sites for hydroxylation is 2. The van der Waals surface area contributed by atoms with Crippen molar-refractivity contribution >= 4 is 16.9 Å². The van der Waals surface area contributed by atoms with Gasteiger partial charge in [-0.3, -0.25) is 23.4 Å². The average molecular weight is 446 g/mol. The van der Waals surface area contributed by atoms with Gasteiger partial charge >= 0.3 is 5.69 Å². The van der Waals surface area contributed by atoms with Crippen LogP contribution in [0.3, 0.4) is 0 Å². The summed E-state index contributed by atoms with van der Waals surface area (Å²) in [5, 5.41) is 7.32. The van der Waals surface area contributed by atoms with E-state index in [4.69, 9.17) is 0 Å². The van der Waals surface area contributed by atoms with Crippen molar-refractivity contribution in [2.24, 2.45) is 0 Å². The topological polar surface area (TPSA) is 90.9 Å². The summed E-state index contributed by atoms with van der Waals surface area (Å²) in [4.78, 5) is 39.5. The van der Waals surface area contributed by atoms with Crippen molar-refractivity contribution in [1.29, 1.82) is 0 Å². The highest BCUT2D eigenvalue weighted by molar-refractivity contribution is 5.81. The summed E-state index contributed by atoms with van der Waals surface area (Å²) >= 11 is 0. The van der Waals surface area contributed by atoms with E-state index in [1.807, 2.05) is 67.6 Å². The summed E-state index contributed by atoms with van der Waals surface area (Å²) < 4.78 is 4.14. The van der Waals surface area contributed by atoms with E-state index in [0.29, 0.717) is 36.2 Å². The Kier molecular flexibility index (Phi) is 6.53. The maximum atomic E-state index is 13.4. The predicted octanol–water partition coefficient (Wildman–Crippen LogP) is 2.10. The number of carbonyl (C=O) groups excluding carboxylic acids is 1. The zero-order valence-electron chi connectivity index (χ0n) is 18.8. The number of hydrogen-bond donors (Lipinski definition) is 1. The smallest absolute Gasteiger partial charge is 0.332 e. The minimum absolute atomic E-state index is 0.123. The molecule has 0 bridgehead atoms. The fraction of sp³-hybridized carbons (Fsp3) is 0.280. The van der Waals surface area contributed by atoms with Crippen LogP contribution < -0.4 is 16.6 Å². The molecule has 1 amide bonds. The molecule has 33 heavy (non-hydrogen) atoms. The van der Waals surface area contributed by atoms with E-state index in [1.54, 1.807) is 11.6 Å². The minimum atomic E-state index is -0.520. The van der Waals surface area contributed by atoms with Crippen LogP contribution in [0, 0.1) is 6.92 Å². The third kappa shape index (κ3) is 4.64. The number of rotatable bonds is 8. The molecule has 0 saturated heterocycles. The summed E-state index contributed by atoms with van der Waals surface area (Å²) in [6.45, 7) is 4.51. The molecule has 0 aliphatic carbocycles. The lowest BCUT2D eigenvalue weighted by atomic mass is 10.1. The van der Waals surface area contributed by atoms with Gasteiger partial charge in [0.1, 0.15) is 12.1 Å². The first-order chi connectivity index (χ1) is 16.0. The van der Waals surface area contributed by atoms with Gasteiger partial charge in [0.05, 0.1) is 12.2 Å². The maximum Gasteiger partial charge on any atom is 0.332 e. The Hall–Kier alpha value is -3.94. The van der Waals surface area contributed by atoms with Crippen molar-refractivity contribution < 1.29 is 4.79 Å². The first-order valence-corrected chi connectivity index (χ1v) is 11.0. The normalized spacial score (nSPS) is 11.1. The van der Waals surface area contributed by atoms with E-state index in [1.165, 1.54) is 9.13 Å². The molecule has 0 unspecified atom stereocenters. The summed E-state index contributed by atoms with van der Waals surface area (Å²) in [7, 11) is 0. The Morgan fingerprint density at radius 2 is 1.55 bits per heavy atom. The number of carbonyl (C=O) groups is 1. The van der Waals surface area contributed by atoms with E-state index in [0.717, 1.165) is 11.1 Å². The van der Waals surface area contributed by atoms with Crippen molar-refractivity contribution in [3.8, 4) is 0 Å². The van der Waals surface area contributed by atoms with Crippen LogP contribution in [0.1, 0.15) is 23.7 Å². The van der Waals surface area contributed by atoms with Crippen molar-refractivity contribution in [1.82, 2.24) is 24.2 Å². The molecule has 2 heterocycles. The Morgan fingerprint density at radius 3 is 2.18 bits per heavy atom. The van der Waals surface area contributed by atoms with Gasteiger partial charge in [0, 0.05) is 13.1 Å². The zero-order valence-corrected chi connectivity index (χ0v) is 18.8. The van der Waals surface area contributed by atoms with Crippen LogP contribution in [0.2, 0.25) is 0 Å². The number of fused-ring (bicyclic) bond motifs is 1. The molecule has 4 aromatic rings. The Morgan fingerprint density at radius 1 is 0.909 bits per heavy atom. The van der Waals surface area contributed by atoms with Crippen LogP contribution >= 0.6 is 0 Å². The highest BCUT2D eigenvalue weighted by Gasteiger charge is 2.21. The quantitative estimate of drug-likeness (QED) is 0.450. The van der Waals surface area contributed by atoms with Gasteiger partial charge in [0.25, 0.3) is 5.56 Å². The van der Waals surface area contributed by atoms with Gasteiger partial charge < -0.3 is 5.32 Å². The standard InChI is InChI=1S/C25H27N5O3/c1-3-30-23-22(18(2)27-30)28(17-21(31)26-15-14-19-10-6-4-7-11-19)25(33)29(24(23)32)16-20-12-8-5-9-13-20/h4-13H,3,14-17H2,1-2H3,(H,26,31). The highest BCUT2D eigenvalue weighted by atomic mass is 16.2. The van der Waals surface area contributed by atoms with E-state index in [-0.39, 0.29) is 19.0 Å². The zero-order chi connectivity index (χ0) is 23.4. The molecule has 0 spiro atoms. The third-order valence-corrected chi connectivity index (χ3v) is 5.64. The van der Waals surface area contributed by atoms with E-state index >= 15 is 0 Å². The van der Waals surface area contributed by atoms with E-state index in [9.17, 15) is 14.4 Å². The molecular weight excluding hydrogens is 418 g/mol. The molecular formula is C25H27N5O3. The van der Waals surface area contributed by atoms with Gasteiger partial charge in [-0.25, -0.2) is 4.79 Å². The first kappa shape index (κ1) is 22.3. The van der Waals surface area contributed by atoms with E-state index in [2.05, 4.69) is 10.4 Å². The first-order valence-electron chi connectivity index (χ1n) is 11.0. The second-order valence-electron chi connectivity index (χ2n) is 7.93. The molecule has 2 aromatic heterocycles. The lowest BCUT2D eigenvalue weighted by Crippen LogP contribution is -2.43. The van der Waals surface area contributed by atoms with Gasteiger partial charge in [-0.2, -0.15) is 5.10 Å².